The third kappa shape index (κ3) is 9.36. The van der Waals surface area contributed by atoms with E-state index in [0.29, 0.717) is 46.6 Å². The van der Waals surface area contributed by atoms with E-state index >= 15 is 0 Å². The fourth-order valence-electron chi connectivity index (χ4n) is 5.61. The van der Waals surface area contributed by atoms with Gasteiger partial charge in [0.1, 0.15) is 6.04 Å². The highest BCUT2D eigenvalue weighted by atomic mass is 35.5. The lowest BCUT2D eigenvalue weighted by Gasteiger charge is -2.32. The molecule has 5 rings (SSSR count). The van der Waals surface area contributed by atoms with E-state index < -0.39 is 16.1 Å². The molecule has 1 saturated heterocycles. The number of carbonyl (C=O) groups excluding carboxylic acids is 2. The zero-order chi connectivity index (χ0) is 33.4. The second-order valence-electron chi connectivity index (χ2n) is 11.6. The van der Waals surface area contributed by atoms with Crippen LogP contribution < -0.4 is 5.32 Å². The molecule has 0 aromatic heterocycles. The monoisotopic (exact) mass is 711 g/mol. The number of nitrogens with one attached hydrogen (secondary N) is 1. The summed E-state index contributed by atoms with van der Waals surface area (Å²) in [5.41, 5.74) is 3.26. The lowest BCUT2D eigenvalue weighted by Crippen LogP contribution is -2.50. The molecule has 11 heteroatoms. The molecule has 1 N–H and O–H groups in total. The smallest absolute Gasteiger partial charge is 0.243 e. The van der Waals surface area contributed by atoms with Gasteiger partial charge in [-0.3, -0.25) is 9.59 Å². The third-order valence-corrected chi connectivity index (χ3v) is 11.0. The molecule has 1 atom stereocenters. The van der Waals surface area contributed by atoms with Crippen molar-refractivity contribution < 1.29 is 18.0 Å². The van der Waals surface area contributed by atoms with Gasteiger partial charge >= 0.3 is 0 Å². The van der Waals surface area contributed by atoms with Crippen molar-refractivity contribution in [1.82, 2.24) is 14.5 Å². The number of halogens is 3. The summed E-state index contributed by atoms with van der Waals surface area (Å²) in [7, 11) is -3.53. The number of benzene rings is 4. The maximum absolute atomic E-state index is 14.1. The highest BCUT2D eigenvalue weighted by Crippen LogP contribution is 2.24. The first kappa shape index (κ1) is 34.9. The average Bonchev–Trinajstić information content (AvgIpc) is 3.63. The molecule has 0 radical (unpaired) electrons. The fourth-order valence-corrected chi connectivity index (χ4v) is 7.72. The van der Waals surface area contributed by atoms with Crippen LogP contribution >= 0.6 is 34.8 Å². The molecule has 47 heavy (non-hydrogen) atoms. The van der Waals surface area contributed by atoms with Crippen molar-refractivity contribution in [1.29, 1.82) is 0 Å². The van der Waals surface area contributed by atoms with E-state index in [1.54, 1.807) is 59.5 Å². The summed E-state index contributed by atoms with van der Waals surface area (Å²) in [5.74, 6) is -0.534. The minimum absolute atomic E-state index is 0.118. The van der Waals surface area contributed by atoms with Crippen LogP contribution in [0, 0.1) is 0 Å². The second-order valence-corrected chi connectivity index (χ2v) is 14.8. The van der Waals surface area contributed by atoms with E-state index in [-0.39, 0.29) is 36.2 Å². The molecule has 0 bridgehead atoms. The molecule has 0 aliphatic carbocycles. The van der Waals surface area contributed by atoms with Gasteiger partial charge in [0.25, 0.3) is 0 Å². The Morgan fingerprint density at radius 3 is 2.09 bits per heavy atom. The average molecular weight is 713 g/mol. The largest absolute Gasteiger partial charge is 0.350 e. The number of nitrogens with zero attached hydrogens (tertiary/aromatic N) is 2. The summed E-state index contributed by atoms with van der Waals surface area (Å²) < 4.78 is 27.4. The number of amides is 2. The molecule has 1 aliphatic heterocycles. The van der Waals surface area contributed by atoms with Crippen LogP contribution in [0.5, 0.6) is 0 Å². The van der Waals surface area contributed by atoms with Crippen molar-refractivity contribution in [3.05, 3.63) is 134 Å². The summed E-state index contributed by atoms with van der Waals surface area (Å²) in [6.07, 6.45) is 2.52. The van der Waals surface area contributed by atoms with E-state index in [4.69, 9.17) is 34.8 Å². The van der Waals surface area contributed by atoms with Gasteiger partial charge in [0.05, 0.1) is 4.90 Å². The van der Waals surface area contributed by atoms with Crippen molar-refractivity contribution in [2.45, 2.75) is 56.1 Å². The molecule has 4 aromatic carbocycles. The molecule has 1 fully saturated rings. The number of carbonyl (C=O) groups is 2. The number of hydrogen-bond acceptors (Lipinski definition) is 4. The molecular formula is C36H36Cl3N3O4S. The molecule has 2 amide bonds. The SMILES string of the molecule is O=C(NCc1ccc(Cl)cc1Cl)[C@H](Cc1ccccc1)N(Cc1ccc(Cl)cc1)C(=O)CCc1ccc(S(=O)(=O)N2CCCC2)cc1. The highest BCUT2D eigenvalue weighted by Gasteiger charge is 2.31. The first-order valence-corrected chi connectivity index (χ1v) is 18.1. The zero-order valence-corrected chi connectivity index (χ0v) is 28.8. The number of rotatable bonds is 13. The minimum atomic E-state index is -3.53. The summed E-state index contributed by atoms with van der Waals surface area (Å²) >= 11 is 18.6. The van der Waals surface area contributed by atoms with Crippen LogP contribution in [0.2, 0.25) is 15.1 Å². The maximum Gasteiger partial charge on any atom is 0.243 e. The molecule has 7 nitrogen and oxygen atoms in total. The van der Waals surface area contributed by atoms with Crippen LogP contribution in [0.3, 0.4) is 0 Å². The Morgan fingerprint density at radius 1 is 0.787 bits per heavy atom. The van der Waals surface area contributed by atoms with Crippen LogP contribution in [0.1, 0.15) is 41.5 Å². The van der Waals surface area contributed by atoms with E-state index in [2.05, 4.69) is 5.32 Å². The van der Waals surface area contributed by atoms with Crippen LogP contribution in [0.15, 0.2) is 102 Å². The van der Waals surface area contributed by atoms with Gasteiger partial charge in [0.2, 0.25) is 21.8 Å². The quantitative estimate of drug-likeness (QED) is 0.158. The van der Waals surface area contributed by atoms with Crippen LogP contribution in [-0.4, -0.2) is 48.6 Å². The first-order valence-electron chi connectivity index (χ1n) is 15.5. The van der Waals surface area contributed by atoms with Crippen molar-refractivity contribution in [2.24, 2.45) is 0 Å². The van der Waals surface area contributed by atoms with Crippen molar-refractivity contribution in [3.8, 4) is 0 Å². The van der Waals surface area contributed by atoms with Crippen molar-refractivity contribution in [3.63, 3.8) is 0 Å². The van der Waals surface area contributed by atoms with E-state index in [0.717, 1.165) is 29.5 Å². The number of aryl methyl sites for hydroxylation is 1. The first-order chi connectivity index (χ1) is 22.6. The topological polar surface area (TPSA) is 86.8 Å². The molecule has 1 aliphatic rings. The lowest BCUT2D eigenvalue weighted by molar-refractivity contribution is -0.141. The van der Waals surface area contributed by atoms with Crippen LogP contribution in [0.4, 0.5) is 0 Å². The van der Waals surface area contributed by atoms with Crippen LogP contribution in [0.25, 0.3) is 0 Å². The summed E-state index contributed by atoms with van der Waals surface area (Å²) in [6.45, 7) is 1.42. The Bertz CT molecular complexity index is 1780. The Labute approximate surface area is 291 Å². The molecule has 246 valence electrons. The molecule has 0 spiro atoms. The van der Waals surface area contributed by atoms with Crippen molar-refractivity contribution >= 4 is 56.6 Å². The number of sulfonamides is 1. The Kier molecular flexibility index (Phi) is 12.0. The Balaban J connectivity index is 1.37. The van der Waals surface area contributed by atoms with Gasteiger partial charge in [0, 0.05) is 54.1 Å². The van der Waals surface area contributed by atoms with Gasteiger partial charge < -0.3 is 10.2 Å². The van der Waals surface area contributed by atoms with Gasteiger partial charge in [0.15, 0.2) is 0 Å². The summed E-state index contributed by atoms with van der Waals surface area (Å²) in [4.78, 5) is 29.9. The standard InChI is InChI=1S/C36H36Cl3N3O4S/c37-30-14-8-28(9-15-30)25-42(35(43)19-12-26-10-17-32(18-11-26)47(45,46)41-20-4-5-21-41)34(22-27-6-2-1-3-7-27)36(44)40-24-29-13-16-31(38)23-33(29)39/h1-3,6-11,13-18,23,34H,4-5,12,19-22,24-25H2,(H,40,44)/t34-/m0/s1. The van der Waals surface area contributed by atoms with Gasteiger partial charge in [-0.05, 0) is 77.9 Å². The molecule has 4 aromatic rings. The highest BCUT2D eigenvalue weighted by molar-refractivity contribution is 7.89. The molecule has 1 heterocycles. The molecule has 0 saturated carbocycles. The lowest BCUT2D eigenvalue weighted by atomic mass is 10.0. The van der Waals surface area contributed by atoms with E-state index in [1.165, 1.54) is 4.31 Å². The summed E-state index contributed by atoms with van der Waals surface area (Å²) in [5, 5.41) is 4.49. The maximum atomic E-state index is 14.1. The Hall–Kier alpha value is -3.40. The molecule has 0 unspecified atom stereocenters. The van der Waals surface area contributed by atoms with Gasteiger partial charge in [-0.1, -0.05) is 95.5 Å². The van der Waals surface area contributed by atoms with Gasteiger partial charge in [-0.25, -0.2) is 8.42 Å². The summed E-state index contributed by atoms with van der Waals surface area (Å²) in [6, 6.07) is 27.7. The predicted octanol–water partition coefficient (Wildman–Crippen LogP) is 7.32. The normalized spacial score (nSPS) is 14.1. The van der Waals surface area contributed by atoms with Gasteiger partial charge in [-0.2, -0.15) is 4.31 Å². The van der Waals surface area contributed by atoms with E-state index in [9.17, 15) is 18.0 Å². The fraction of sp³-hybridized carbons (Fsp3) is 0.278. The minimum Gasteiger partial charge on any atom is -0.350 e. The Morgan fingerprint density at radius 2 is 1.43 bits per heavy atom. The van der Waals surface area contributed by atoms with Crippen molar-refractivity contribution in [2.75, 3.05) is 13.1 Å². The number of hydrogen-bond donors (Lipinski definition) is 1. The van der Waals surface area contributed by atoms with Gasteiger partial charge in [-0.15, -0.1) is 0 Å². The molecular weight excluding hydrogens is 677 g/mol. The predicted molar refractivity (Wildman–Crippen MR) is 187 cm³/mol. The van der Waals surface area contributed by atoms with Crippen LogP contribution in [-0.2, 0) is 45.5 Å². The third-order valence-electron chi connectivity index (χ3n) is 8.26. The van der Waals surface area contributed by atoms with E-state index in [1.807, 2.05) is 42.5 Å². The second kappa shape index (κ2) is 16.1. The zero-order valence-electron chi connectivity index (χ0n) is 25.7.